The molecule has 0 aliphatic rings. The SMILES string of the molecule is CN(C)CCCNC(=O)c1ncccc1S. The maximum absolute atomic E-state index is 11.7. The van der Waals surface area contributed by atoms with Gasteiger partial charge in [0.05, 0.1) is 0 Å². The fourth-order valence-corrected chi connectivity index (χ4v) is 1.50. The molecule has 0 saturated carbocycles. The van der Waals surface area contributed by atoms with Gasteiger partial charge in [-0.15, -0.1) is 12.6 Å². The van der Waals surface area contributed by atoms with Gasteiger partial charge in [0.1, 0.15) is 5.69 Å². The lowest BCUT2D eigenvalue weighted by molar-refractivity contribution is 0.0944. The van der Waals surface area contributed by atoms with Gasteiger partial charge in [-0.2, -0.15) is 0 Å². The van der Waals surface area contributed by atoms with Crippen molar-refractivity contribution in [2.24, 2.45) is 0 Å². The van der Waals surface area contributed by atoms with Crippen molar-refractivity contribution in [3.8, 4) is 0 Å². The quantitative estimate of drug-likeness (QED) is 0.596. The van der Waals surface area contributed by atoms with Crippen LogP contribution in [0.15, 0.2) is 23.2 Å². The van der Waals surface area contributed by atoms with Crippen LogP contribution >= 0.6 is 12.6 Å². The van der Waals surface area contributed by atoms with Gasteiger partial charge in [-0.25, -0.2) is 4.98 Å². The van der Waals surface area contributed by atoms with Gasteiger partial charge in [-0.1, -0.05) is 0 Å². The van der Waals surface area contributed by atoms with E-state index in [9.17, 15) is 4.79 Å². The fraction of sp³-hybridized carbons (Fsp3) is 0.455. The van der Waals surface area contributed by atoms with E-state index < -0.39 is 0 Å². The first-order valence-corrected chi connectivity index (χ1v) is 5.63. The molecule has 0 unspecified atom stereocenters. The molecule has 1 N–H and O–H groups in total. The molecular formula is C11H17N3OS. The number of thiol groups is 1. The summed E-state index contributed by atoms with van der Waals surface area (Å²) in [5, 5.41) is 2.82. The lowest BCUT2D eigenvalue weighted by Crippen LogP contribution is -2.28. The van der Waals surface area contributed by atoms with Crippen LogP contribution in [0.3, 0.4) is 0 Å². The highest BCUT2D eigenvalue weighted by Gasteiger charge is 2.09. The van der Waals surface area contributed by atoms with E-state index in [0.29, 0.717) is 17.1 Å². The average Bonchev–Trinajstić information content (AvgIpc) is 2.24. The van der Waals surface area contributed by atoms with Crippen LogP contribution < -0.4 is 5.32 Å². The predicted molar refractivity (Wildman–Crippen MR) is 67.0 cm³/mol. The van der Waals surface area contributed by atoms with Gasteiger partial charge in [-0.3, -0.25) is 4.79 Å². The van der Waals surface area contributed by atoms with E-state index in [-0.39, 0.29) is 5.91 Å². The Bertz CT molecular complexity index is 355. The number of pyridine rings is 1. The van der Waals surface area contributed by atoms with Crippen LogP contribution in [0.5, 0.6) is 0 Å². The third kappa shape index (κ3) is 4.20. The highest BCUT2D eigenvalue weighted by molar-refractivity contribution is 7.80. The lowest BCUT2D eigenvalue weighted by atomic mass is 10.3. The van der Waals surface area contributed by atoms with Crippen molar-refractivity contribution in [2.75, 3.05) is 27.2 Å². The number of hydrogen-bond donors (Lipinski definition) is 2. The Morgan fingerprint density at radius 3 is 2.94 bits per heavy atom. The number of hydrogen-bond acceptors (Lipinski definition) is 4. The standard InChI is InChI=1S/C11H17N3OS/c1-14(2)8-4-7-13-11(15)10-9(16)5-3-6-12-10/h3,5-6,16H,4,7-8H2,1-2H3,(H,13,15). The molecule has 0 atom stereocenters. The largest absolute Gasteiger partial charge is 0.351 e. The Morgan fingerprint density at radius 1 is 1.56 bits per heavy atom. The molecule has 0 aliphatic heterocycles. The average molecular weight is 239 g/mol. The van der Waals surface area contributed by atoms with E-state index in [1.165, 1.54) is 0 Å². The molecule has 1 aromatic heterocycles. The summed E-state index contributed by atoms with van der Waals surface area (Å²) in [5.41, 5.74) is 0.385. The van der Waals surface area contributed by atoms with Crippen LogP contribution in [0.1, 0.15) is 16.9 Å². The third-order valence-electron chi connectivity index (χ3n) is 2.07. The molecule has 1 aromatic rings. The summed E-state index contributed by atoms with van der Waals surface area (Å²) in [6.07, 6.45) is 2.52. The van der Waals surface area contributed by atoms with E-state index in [1.54, 1.807) is 18.3 Å². The molecule has 1 amide bonds. The molecule has 4 nitrogen and oxygen atoms in total. The molecule has 1 heterocycles. The second kappa shape index (κ2) is 6.50. The Kier molecular flexibility index (Phi) is 5.28. The summed E-state index contributed by atoms with van der Waals surface area (Å²) in [6, 6.07) is 3.51. The van der Waals surface area contributed by atoms with E-state index in [2.05, 4.69) is 27.8 Å². The molecular weight excluding hydrogens is 222 g/mol. The van der Waals surface area contributed by atoms with Crippen LogP contribution in [0.4, 0.5) is 0 Å². The number of carbonyl (C=O) groups is 1. The first-order chi connectivity index (χ1) is 7.61. The number of nitrogens with zero attached hydrogens (tertiary/aromatic N) is 2. The van der Waals surface area contributed by atoms with Crippen molar-refractivity contribution >= 4 is 18.5 Å². The van der Waals surface area contributed by atoms with Gasteiger partial charge in [0, 0.05) is 17.6 Å². The molecule has 0 aliphatic carbocycles. The molecule has 5 heteroatoms. The smallest absolute Gasteiger partial charge is 0.271 e. The van der Waals surface area contributed by atoms with Crippen LogP contribution in [-0.2, 0) is 0 Å². The zero-order chi connectivity index (χ0) is 12.0. The second-order valence-electron chi connectivity index (χ2n) is 3.78. The first kappa shape index (κ1) is 13.0. The number of aromatic nitrogens is 1. The summed E-state index contributed by atoms with van der Waals surface area (Å²) in [4.78, 5) is 18.4. The monoisotopic (exact) mass is 239 g/mol. The van der Waals surface area contributed by atoms with Gasteiger partial charge in [0.2, 0.25) is 0 Å². The molecule has 88 valence electrons. The normalized spacial score (nSPS) is 10.5. The Morgan fingerprint density at radius 2 is 2.31 bits per heavy atom. The molecule has 16 heavy (non-hydrogen) atoms. The maximum atomic E-state index is 11.7. The van der Waals surface area contributed by atoms with Crippen LogP contribution in [0.2, 0.25) is 0 Å². The molecule has 0 aromatic carbocycles. The number of carbonyl (C=O) groups excluding carboxylic acids is 1. The molecule has 1 rings (SSSR count). The summed E-state index contributed by atoms with van der Waals surface area (Å²) < 4.78 is 0. The van der Waals surface area contributed by atoms with Crippen LogP contribution in [0.25, 0.3) is 0 Å². The van der Waals surface area contributed by atoms with E-state index in [1.807, 2.05) is 14.1 Å². The Labute approximate surface area is 101 Å². The van der Waals surface area contributed by atoms with Gasteiger partial charge >= 0.3 is 0 Å². The zero-order valence-electron chi connectivity index (χ0n) is 9.60. The maximum Gasteiger partial charge on any atom is 0.271 e. The van der Waals surface area contributed by atoms with E-state index in [4.69, 9.17) is 0 Å². The summed E-state index contributed by atoms with van der Waals surface area (Å²) in [6.45, 7) is 1.61. The van der Waals surface area contributed by atoms with Crippen molar-refractivity contribution in [3.05, 3.63) is 24.0 Å². The van der Waals surface area contributed by atoms with Crippen molar-refractivity contribution in [2.45, 2.75) is 11.3 Å². The number of nitrogens with one attached hydrogen (secondary N) is 1. The topological polar surface area (TPSA) is 45.2 Å². The minimum absolute atomic E-state index is 0.163. The highest BCUT2D eigenvalue weighted by atomic mass is 32.1. The van der Waals surface area contributed by atoms with Gasteiger partial charge in [0.25, 0.3) is 5.91 Å². The number of amides is 1. The minimum atomic E-state index is -0.163. The molecule has 0 radical (unpaired) electrons. The molecule has 0 fully saturated rings. The summed E-state index contributed by atoms with van der Waals surface area (Å²) in [5.74, 6) is -0.163. The Balaban J connectivity index is 2.39. The van der Waals surface area contributed by atoms with Crippen LogP contribution in [-0.4, -0.2) is 43.0 Å². The van der Waals surface area contributed by atoms with Crippen molar-refractivity contribution in [1.29, 1.82) is 0 Å². The Hall–Kier alpha value is -1.07. The third-order valence-corrected chi connectivity index (χ3v) is 2.43. The second-order valence-corrected chi connectivity index (χ2v) is 4.27. The summed E-state index contributed by atoms with van der Waals surface area (Å²) in [7, 11) is 4.01. The van der Waals surface area contributed by atoms with Crippen molar-refractivity contribution < 1.29 is 4.79 Å². The number of rotatable bonds is 5. The van der Waals surface area contributed by atoms with E-state index >= 15 is 0 Å². The van der Waals surface area contributed by atoms with Gasteiger partial charge < -0.3 is 10.2 Å². The van der Waals surface area contributed by atoms with Crippen molar-refractivity contribution in [3.63, 3.8) is 0 Å². The first-order valence-electron chi connectivity index (χ1n) is 5.18. The molecule has 0 spiro atoms. The predicted octanol–water partition coefficient (Wildman–Crippen LogP) is 1.05. The zero-order valence-corrected chi connectivity index (χ0v) is 10.5. The van der Waals surface area contributed by atoms with Crippen molar-refractivity contribution in [1.82, 2.24) is 15.2 Å². The van der Waals surface area contributed by atoms with Crippen LogP contribution in [0, 0.1) is 0 Å². The highest BCUT2D eigenvalue weighted by Crippen LogP contribution is 2.09. The lowest BCUT2D eigenvalue weighted by Gasteiger charge is -2.10. The van der Waals surface area contributed by atoms with Gasteiger partial charge in [-0.05, 0) is 39.2 Å². The fourth-order valence-electron chi connectivity index (χ4n) is 1.25. The van der Waals surface area contributed by atoms with Gasteiger partial charge in [0.15, 0.2) is 0 Å². The molecule has 0 saturated heterocycles. The minimum Gasteiger partial charge on any atom is -0.351 e. The van der Waals surface area contributed by atoms with E-state index in [0.717, 1.165) is 13.0 Å². The summed E-state index contributed by atoms with van der Waals surface area (Å²) >= 11 is 4.18. The molecule has 0 bridgehead atoms.